The minimum Gasteiger partial charge on any atom is -0.395 e. The quantitative estimate of drug-likeness (QED) is 0.439. The number of hydrogen-bond acceptors (Lipinski definition) is 4. The fourth-order valence-corrected chi connectivity index (χ4v) is 0.623. The van der Waals surface area contributed by atoms with Crippen LogP contribution in [0.3, 0.4) is 0 Å². The molecule has 1 aliphatic heterocycles. The average Bonchev–Trinajstić information content (AvgIpc) is 1.80. The smallest absolute Gasteiger partial charge is 0.145 e. The van der Waals surface area contributed by atoms with Crippen molar-refractivity contribution >= 4 is 5.84 Å². The average molecular weight is 126 g/mol. The van der Waals surface area contributed by atoms with Gasteiger partial charge >= 0.3 is 0 Å². The minimum atomic E-state index is 0.438. The van der Waals surface area contributed by atoms with Crippen molar-refractivity contribution in [2.24, 2.45) is 16.5 Å². The Bertz CT molecular complexity index is 170. The highest BCUT2D eigenvalue weighted by Gasteiger charge is 2.03. The predicted octanol–water partition coefficient (Wildman–Crippen LogP) is -0.953. The molecule has 0 aromatic rings. The number of rotatable bonds is 0. The topological polar surface area (TPSA) is 67.6 Å². The third kappa shape index (κ3) is 1.13. The van der Waals surface area contributed by atoms with E-state index < -0.39 is 0 Å². The molecule has 4 nitrogen and oxygen atoms in total. The van der Waals surface area contributed by atoms with Crippen LogP contribution in [0.1, 0.15) is 0 Å². The van der Waals surface area contributed by atoms with Crippen LogP contribution in [0, 0.1) is 0 Å². The van der Waals surface area contributed by atoms with Gasteiger partial charge in [0.2, 0.25) is 0 Å². The summed E-state index contributed by atoms with van der Waals surface area (Å²) in [7, 11) is 1.89. The molecular weight excluding hydrogens is 116 g/mol. The standard InChI is InChI=1S/C5H10N4/c1-9-2-4(6)5(7)8-3-9/h2H,3,6H2,1H3,(H2,7,8). The second kappa shape index (κ2) is 1.97. The molecule has 0 aromatic carbocycles. The van der Waals surface area contributed by atoms with Gasteiger partial charge in [-0.05, 0) is 0 Å². The van der Waals surface area contributed by atoms with Crippen LogP contribution in [-0.2, 0) is 0 Å². The summed E-state index contributed by atoms with van der Waals surface area (Å²) >= 11 is 0. The van der Waals surface area contributed by atoms with Crippen molar-refractivity contribution in [3.05, 3.63) is 11.9 Å². The van der Waals surface area contributed by atoms with Crippen molar-refractivity contribution in [1.82, 2.24) is 4.90 Å². The number of aliphatic imine (C=N–C) groups is 1. The molecule has 0 bridgehead atoms. The van der Waals surface area contributed by atoms with Gasteiger partial charge in [-0.15, -0.1) is 0 Å². The molecule has 0 amide bonds. The van der Waals surface area contributed by atoms with E-state index in [0.29, 0.717) is 18.2 Å². The number of hydrogen-bond donors (Lipinski definition) is 2. The number of amidine groups is 1. The van der Waals surface area contributed by atoms with Crippen LogP contribution in [0.2, 0.25) is 0 Å². The molecular formula is C5H10N4. The molecule has 0 unspecified atom stereocenters. The molecule has 0 aliphatic carbocycles. The summed E-state index contributed by atoms with van der Waals surface area (Å²) in [6.07, 6.45) is 1.77. The van der Waals surface area contributed by atoms with E-state index in [0.717, 1.165) is 0 Å². The van der Waals surface area contributed by atoms with Crippen molar-refractivity contribution in [3.63, 3.8) is 0 Å². The lowest BCUT2D eigenvalue weighted by Crippen LogP contribution is -2.30. The van der Waals surface area contributed by atoms with Crippen molar-refractivity contribution < 1.29 is 0 Å². The van der Waals surface area contributed by atoms with Crippen LogP contribution in [0.4, 0.5) is 0 Å². The highest BCUT2D eigenvalue weighted by Crippen LogP contribution is 1.96. The van der Waals surface area contributed by atoms with Crippen LogP contribution in [-0.4, -0.2) is 24.5 Å². The monoisotopic (exact) mass is 126 g/mol. The maximum Gasteiger partial charge on any atom is 0.145 e. The fourth-order valence-electron chi connectivity index (χ4n) is 0.623. The van der Waals surface area contributed by atoms with Gasteiger partial charge in [0, 0.05) is 13.2 Å². The van der Waals surface area contributed by atoms with Gasteiger partial charge < -0.3 is 16.4 Å². The van der Waals surface area contributed by atoms with Gasteiger partial charge in [-0.3, -0.25) is 0 Å². The van der Waals surface area contributed by atoms with Crippen LogP contribution >= 0.6 is 0 Å². The largest absolute Gasteiger partial charge is 0.395 e. The zero-order chi connectivity index (χ0) is 6.85. The van der Waals surface area contributed by atoms with Gasteiger partial charge in [-0.2, -0.15) is 0 Å². The first-order valence-electron chi connectivity index (χ1n) is 2.68. The van der Waals surface area contributed by atoms with Crippen LogP contribution in [0.25, 0.3) is 0 Å². The van der Waals surface area contributed by atoms with Crippen molar-refractivity contribution in [2.75, 3.05) is 13.7 Å². The van der Waals surface area contributed by atoms with Gasteiger partial charge in [-0.25, -0.2) is 4.99 Å². The van der Waals surface area contributed by atoms with Gasteiger partial charge in [-0.1, -0.05) is 0 Å². The molecule has 0 fully saturated rings. The Morgan fingerprint density at radius 3 is 2.78 bits per heavy atom. The molecule has 50 valence electrons. The maximum absolute atomic E-state index is 5.43. The van der Waals surface area contributed by atoms with Gasteiger partial charge in [0.05, 0.1) is 5.70 Å². The minimum absolute atomic E-state index is 0.438. The van der Waals surface area contributed by atoms with Crippen molar-refractivity contribution in [3.8, 4) is 0 Å². The molecule has 0 spiro atoms. The first kappa shape index (κ1) is 5.94. The molecule has 1 rings (SSSR count). The molecule has 9 heavy (non-hydrogen) atoms. The third-order valence-corrected chi connectivity index (χ3v) is 1.12. The Morgan fingerprint density at radius 2 is 2.33 bits per heavy atom. The Hall–Kier alpha value is -1.19. The summed E-state index contributed by atoms with van der Waals surface area (Å²) in [6.45, 7) is 0.604. The lowest BCUT2D eigenvalue weighted by Gasteiger charge is -2.17. The maximum atomic E-state index is 5.43. The lowest BCUT2D eigenvalue weighted by molar-refractivity contribution is 0.463. The summed E-state index contributed by atoms with van der Waals surface area (Å²) < 4.78 is 0. The van der Waals surface area contributed by atoms with E-state index >= 15 is 0 Å². The highest BCUT2D eigenvalue weighted by atomic mass is 15.2. The normalized spacial score (nSPS) is 19.0. The van der Waals surface area contributed by atoms with Crippen LogP contribution in [0.15, 0.2) is 16.9 Å². The molecule has 1 aliphatic rings. The lowest BCUT2D eigenvalue weighted by atomic mass is 10.4. The third-order valence-electron chi connectivity index (χ3n) is 1.12. The summed E-state index contributed by atoms with van der Waals surface area (Å²) in [4.78, 5) is 5.79. The summed E-state index contributed by atoms with van der Waals surface area (Å²) in [5.41, 5.74) is 11.3. The van der Waals surface area contributed by atoms with Gasteiger partial charge in [0.25, 0.3) is 0 Å². The molecule has 0 aromatic heterocycles. The van der Waals surface area contributed by atoms with Gasteiger partial charge in [0.1, 0.15) is 12.5 Å². The molecule has 1 heterocycles. The van der Waals surface area contributed by atoms with E-state index in [1.54, 1.807) is 6.20 Å². The second-order valence-electron chi connectivity index (χ2n) is 2.03. The fraction of sp³-hybridized carbons (Fsp3) is 0.400. The predicted molar refractivity (Wildman–Crippen MR) is 36.5 cm³/mol. The van der Waals surface area contributed by atoms with E-state index in [9.17, 15) is 0 Å². The Kier molecular flexibility index (Phi) is 1.30. The van der Waals surface area contributed by atoms with E-state index in [1.807, 2.05) is 11.9 Å². The number of nitrogens with zero attached hydrogens (tertiary/aromatic N) is 2. The number of nitrogens with two attached hydrogens (primary N) is 2. The van der Waals surface area contributed by atoms with E-state index in [-0.39, 0.29) is 0 Å². The zero-order valence-electron chi connectivity index (χ0n) is 5.33. The molecule has 0 atom stereocenters. The molecule has 0 radical (unpaired) electrons. The summed E-state index contributed by atoms with van der Waals surface area (Å²) in [5.74, 6) is 0.438. The van der Waals surface area contributed by atoms with Crippen LogP contribution in [0.5, 0.6) is 0 Å². The van der Waals surface area contributed by atoms with E-state index in [1.165, 1.54) is 0 Å². The first-order valence-corrected chi connectivity index (χ1v) is 2.68. The summed E-state index contributed by atoms with van der Waals surface area (Å²) in [5, 5.41) is 0. The molecule has 0 saturated carbocycles. The zero-order valence-corrected chi connectivity index (χ0v) is 5.33. The highest BCUT2D eigenvalue weighted by molar-refractivity contribution is 5.96. The first-order chi connectivity index (χ1) is 4.20. The molecule has 0 saturated heterocycles. The van der Waals surface area contributed by atoms with E-state index in [4.69, 9.17) is 11.5 Å². The summed E-state index contributed by atoms with van der Waals surface area (Å²) in [6, 6.07) is 0. The Balaban J connectivity index is 2.75. The molecule has 4 heteroatoms. The second-order valence-corrected chi connectivity index (χ2v) is 2.03. The molecule has 4 N–H and O–H groups in total. The van der Waals surface area contributed by atoms with Crippen molar-refractivity contribution in [1.29, 1.82) is 0 Å². The van der Waals surface area contributed by atoms with E-state index in [2.05, 4.69) is 4.99 Å². The van der Waals surface area contributed by atoms with Crippen LogP contribution < -0.4 is 11.5 Å². The Labute approximate surface area is 53.8 Å². The SMILES string of the molecule is CN1C=C(N)C(N)=NC1. The van der Waals surface area contributed by atoms with Gasteiger partial charge in [0.15, 0.2) is 0 Å². The van der Waals surface area contributed by atoms with Crippen molar-refractivity contribution in [2.45, 2.75) is 0 Å². The Morgan fingerprint density at radius 1 is 1.67 bits per heavy atom.